The van der Waals surface area contributed by atoms with E-state index >= 15 is 0 Å². The maximum Gasteiger partial charge on any atom is 0.319 e. The first-order valence-corrected chi connectivity index (χ1v) is 13.4. The van der Waals surface area contributed by atoms with Crippen LogP contribution in [0.4, 0.5) is 9.18 Å². The van der Waals surface area contributed by atoms with E-state index in [4.69, 9.17) is 9.47 Å². The van der Waals surface area contributed by atoms with E-state index in [1.165, 1.54) is 18.9 Å². The van der Waals surface area contributed by atoms with Crippen molar-refractivity contribution in [3.8, 4) is 11.1 Å². The van der Waals surface area contributed by atoms with Gasteiger partial charge in [-0.25, -0.2) is 9.18 Å². The summed E-state index contributed by atoms with van der Waals surface area (Å²) < 4.78 is 25.0. The average molecular weight is 503 g/mol. The van der Waals surface area contributed by atoms with Crippen molar-refractivity contribution in [2.45, 2.75) is 59.8 Å². The molecule has 3 rings (SSSR count). The minimum absolute atomic E-state index is 0.0768. The zero-order chi connectivity index (χ0) is 26.8. The SMILES string of the molecule is CC.CCCCOC.Cc1cccc(-c2c(F)cccc2CCOCCN(C)C(=O)N2CCCC2)c1. The highest BCUT2D eigenvalue weighted by Gasteiger charge is 2.20. The van der Waals surface area contributed by atoms with Crippen LogP contribution in [0.1, 0.15) is 57.6 Å². The third kappa shape index (κ3) is 11.1. The molecule has 1 heterocycles. The van der Waals surface area contributed by atoms with Gasteiger partial charge in [0.2, 0.25) is 0 Å². The Balaban J connectivity index is 0.000000710. The maximum absolute atomic E-state index is 14.5. The van der Waals surface area contributed by atoms with Gasteiger partial charge >= 0.3 is 6.03 Å². The molecule has 2 amide bonds. The molecular weight excluding hydrogens is 455 g/mol. The van der Waals surface area contributed by atoms with Gasteiger partial charge in [0.05, 0.1) is 13.2 Å². The molecule has 0 unspecified atom stereocenters. The van der Waals surface area contributed by atoms with E-state index in [9.17, 15) is 9.18 Å². The van der Waals surface area contributed by atoms with Gasteiger partial charge in [-0.05, 0) is 49.8 Å². The molecule has 202 valence electrons. The molecule has 2 aromatic rings. The monoisotopic (exact) mass is 502 g/mol. The Hall–Kier alpha value is -2.44. The number of amides is 2. The molecule has 0 saturated carbocycles. The van der Waals surface area contributed by atoms with Crippen LogP contribution >= 0.6 is 0 Å². The molecule has 0 N–H and O–H groups in total. The van der Waals surface area contributed by atoms with Crippen LogP contribution in [-0.2, 0) is 15.9 Å². The summed E-state index contributed by atoms with van der Waals surface area (Å²) >= 11 is 0. The quantitative estimate of drug-likeness (QED) is 0.330. The van der Waals surface area contributed by atoms with Crippen LogP contribution in [0.2, 0.25) is 0 Å². The number of rotatable bonds is 10. The standard InChI is InChI=1S/C23H29FN2O2.C5H12O.C2H6/c1-18-7-5-9-20(17-18)22-19(8-6-10-21(22)24)11-15-28-16-14-25(2)23(27)26-12-3-4-13-26;1-3-4-5-6-2;1-2/h5-10,17H,3-4,11-16H2,1-2H3;3-5H2,1-2H3;1-2H3. The summed E-state index contributed by atoms with van der Waals surface area (Å²) in [6, 6.07) is 13.2. The Labute approximate surface area is 218 Å². The van der Waals surface area contributed by atoms with Crippen molar-refractivity contribution in [3.63, 3.8) is 0 Å². The third-order valence-electron chi connectivity index (χ3n) is 5.90. The number of carbonyl (C=O) groups excluding carboxylic acids is 1. The van der Waals surface area contributed by atoms with Crippen LogP contribution < -0.4 is 0 Å². The number of halogens is 1. The number of nitrogens with zero attached hydrogens (tertiary/aromatic N) is 2. The van der Waals surface area contributed by atoms with E-state index in [-0.39, 0.29) is 11.8 Å². The minimum atomic E-state index is -0.209. The van der Waals surface area contributed by atoms with E-state index < -0.39 is 0 Å². The molecule has 6 heteroatoms. The number of likely N-dealkylation sites (tertiary alicyclic amines) is 1. The van der Waals surface area contributed by atoms with Crippen molar-refractivity contribution in [3.05, 3.63) is 59.4 Å². The number of methoxy groups -OCH3 is 1. The molecule has 1 saturated heterocycles. The van der Waals surface area contributed by atoms with Gasteiger partial charge in [0, 0.05) is 46.0 Å². The highest BCUT2D eigenvalue weighted by Crippen LogP contribution is 2.28. The van der Waals surface area contributed by atoms with Crippen molar-refractivity contribution in [1.82, 2.24) is 9.80 Å². The molecule has 0 aliphatic carbocycles. The molecule has 0 spiro atoms. The summed E-state index contributed by atoms with van der Waals surface area (Å²) in [6.07, 6.45) is 5.23. The lowest BCUT2D eigenvalue weighted by molar-refractivity contribution is 0.110. The molecule has 0 atom stereocenters. The smallest absolute Gasteiger partial charge is 0.319 e. The number of urea groups is 1. The molecule has 1 aliphatic heterocycles. The van der Waals surface area contributed by atoms with Gasteiger partial charge in [-0.3, -0.25) is 0 Å². The molecular formula is C30H47FN2O3. The summed E-state index contributed by atoms with van der Waals surface area (Å²) in [4.78, 5) is 15.9. The second kappa shape index (κ2) is 18.8. The highest BCUT2D eigenvalue weighted by atomic mass is 19.1. The molecule has 2 aromatic carbocycles. The van der Waals surface area contributed by atoms with Crippen LogP contribution in [0.5, 0.6) is 0 Å². The summed E-state index contributed by atoms with van der Waals surface area (Å²) in [7, 11) is 3.54. The van der Waals surface area contributed by atoms with Crippen LogP contribution in [0.15, 0.2) is 42.5 Å². The number of likely N-dealkylation sites (N-methyl/N-ethyl adjacent to an activating group) is 1. The predicted octanol–water partition coefficient (Wildman–Crippen LogP) is 6.97. The van der Waals surface area contributed by atoms with Crippen LogP contribution in [-0.4, -0.2) is 69.4 Å². The number of benzene rings is 2. The van der Waals surface area contributed by atoms with E-state index in [0.29, 0.717) is 31.7 Å². The normalized spacial score (nSPS) is 12.4. The van der Waals surface area contributed by atoms with Crippen molar-refractivity contribution >= 4 is 6.03 Å². The first-order chi connectivity index (χ1) is 17.5. The van der Waals surface area contributed by atoms with E-state index in [0.717, 1.165) is 49.2 Å². The fourth-order valence-corrected chi connectivity index (χ4v) is 3.92. The fourth-order valence-electron chi connectivity index (χ4n) is 3.92. The van der Waals surface area contributed by atoms with Crippen molar-refractivity contribution in [2.24, 2.45) is 0 Å². The zero-order valence-electron chi connectivity index (χ0n) is 23.3. The second-order valence-electron chi connectivity index (χ2n) is 8.75. The summed E-state index contributed by atoms with van der Waals surface area (Å²) in [5, 5.41) is 0. The van der Waals surface area contributed by atoms with Crippen molar-refractivity contribution < 1.29 is 18.7 Å². The average Bonchev–Trinajstić information content (AvgIpc) is 3.43. The minimum Gasteiger partial charge on any atom is -0.385 e. The number of hydrogen-bond donors (Lipinski definition) is 0. The van der Waals surface area contributed by atoms with Gasteiger partial charge in [0.1, 0.15) is 5.82 Å². The van der Waals surface area contributed by atoms with E-state index in [1.807, 2.05) is 63.1 Å². The highest BCUT2D eigenvalue weighted by molar-refractivity contribution is 5.74. The number of hydrogen-bond acceptors (Lipinski definition) is 3. The molecule has 5 nitrogen and oxygen atoms in total. The molecule has 0 radical (unpaired) electrons. The lowest BCUT2D eigenvalue weighted by atomic mass is 9.96. The van der Waals surface area contributed by atoms with Gasteiger partial charge in [-0.1, -0.05) is 69.2 Å². The molecule has 36 heavy (non-hydrogen) atoms. The van der Waals surface area contributed by atoms with Crippen LogP contribution in [0.3, 0.4) is 0 Å². The Morgan fingerprint density at radius 2 is 1.75 bits per heavy atom. The summed E-state index contributed by atoms with van der Waals surface area (Å²) in [6.45, 7) is 12.3. The number of aryl methyl sites for hydroxylation is 1. The lowest BCUT2D eigenvalue weighted by Gasteiger charge is -2.24. The molecule has 0 bridgehead atoms. The second-order valence-corrected chi connectivity index (χ2v) is 8.75. The van der Waals surface area contributed by atoms with E-state index in [2.05, 4.69) is 6.92 Å². The number of ether oxygens (including phenoxy) is 2. The predicted molar refractivity (Wildman–Crippen MR) is 148 cm³/mol. The first-order valence-electron chi connectivity index (χ1n) is 13.4. The topological polar surface area (TPSA) is 42.0 Å². The Kier molecular flexibility index (Phi) is 16.5. The number of unbranched alkanes of at least 4 members (excludes halogenated alkanes) is 1. The van der Waals surface area contributed by atoms with Crippen LogP contribution in [0, 0.1) is 12.7 Å². The van der Waals surface area contributed by atoms with Crippen LogP contribution in [0.25, 0.3) is 11.1 Å². The molecule has 1 aliphatic rings. The summed E-state index contributed by atoms with van der Waals surface area (Å²) in [5.41, 5.74) is 3.58. The van der Waals surface area contributed by atoms with Gasteiger partial charge in [-0.2, -0.15) is 0 Å². The maximum atomic E-state index is 14.5. The largest absolute Gasteiger partial charge is 0.385 e. The number of carbonyl (C=O) groups is 1. The van der Waals surface area contributed by atoms with E-state index in [1.54, 1.807) is 18.1 Å². The summed E-state index contributed by atoms with van der Waals surface area (Å²) in [5.74, 6) is -0.209. The third-order valence-corrected chi connectivity index (χ3v) is 5.90. The first kappa shape index (κ1) is 31.6. The Morgan fingerprint density at radius 1 is 1.06 bits per heavy atom. The van der Waals surface area contributed by atoms with Gasteiger partial charge in [0.25, 0.3) is 0 Å². The van der Waals surface area contributed by atoms with Gasteiger partial charge in [0.15, 0.2) is 0 Å². The zero-order valence-corrected chi connectivity index (χ0v) is 23.3. The van der Waals surface area contributed by atoms with Gasteiger partial charge < -0.3 is 19.3 Å². The Bertz CT molecular complexity index is 865. The Morgan fingerprint density at radius 3 is 2.36 bits per heavy atom. The van der Waals surface area contributed by atoms with Gasteiger partial charge in [-0.15, -0.1) is 0 Å². The van der Waals surface area contributed by atoms with Crippen molar-refractivity contribution in [1.29, 1.82) is 0 Å². The molecule has 0 aromatic heterocycles. The van der Waals surface area contributed by atoms with Crippen molar-refractivity contribution in [2.75, 3.05) is 53.6 Å². The molecule has 1 fully saturated rings. The lowest BCUT2D eigenvalue weighted by Crippen LogP contribution is -2.40. The fraction of sp³-hybridized carbons (Fsp3) is 0.567.